The van der Waals surface area contributed by atoms with Crippen molar-refractivity contribution in [3.8, 4) is 0 Å². The topological polar surface area (TPSA) is 84.2 Å². The van der Waals surface area contributed by atoms with Crippen LogP contribution in [0.3, 0.4) is 0 Å². The molecule has 1 atom stereocenters. The fourth-order valence-electron chi connectivity index (χ4n) is 2.29. The number of benzene rings is 3. The van der Waals surface area contributed by atoms with Crippen molar-refractivity contribution in [1.82, 2.24) is 0 Å². The molecular weight excluding hydrogens is 310 g/mol. The number of urea groups is 1. The molecule has 0 radical (unpaired) electrons. The predicted molar refractivity (Wildman–Crippen MR) is 93.6 cm³/mol. The van der Waals surface area contributed by atoms with Gasteiger partial charge in [-0.25, -0.2) is 14.1 Å². The van der Waals surface area contributed by atoms with Gasteiger partial charge in [0.05, 0.1) is 10.6 Å². The molecule has 0 aliphatic rings. The summed E-state index contributed by atoms with van der Waals surface area (Å²) >= 11 is 0. The standard InChI is InChI=1S/C17H15N3O2S/c18-23(22)14-10-8-13(9-11-14)19-17(21)20-16-7-3-5-12-4-1-2-6-15(12)16/h1-11H,18H2,(H2,19,20,21). The Hall–Kier alpha value is -2.70. The van der Waals surface area contributed by atoms with Gasteiger partial charge in [-0.1, -0.05) is 36.4 Å². The molecule has 0 aliphatic heterocycles. The van der Waals surface area contributed by atoms with Gasteiger partial charge in [0.15, 0.2) is 0 Å². The van der Waals surface area contributed by atoms with Gasteiger partial charge in [0.25, 0.3) is 0 Å². The third-order valence-electron chi connectivity index (χ3n) is 3.38. The van der Waals surface area contributed by atoms with Crippen molar-refractivity contribution in [2.24, 2.45) is 5.14 Å². The van der Waals surface area contributed by atoms with Gasteiger partial charge in [0.1, 0.15) is 11.0 Å². The molecule has 5 nitrogen and oxygen atoms in total. The average Bonchev–Trinajstić information content (AvgIpc) is 2.55. The number of hydrogen-bond donors (Lipinski definition) is 3. The fraction of sp³-hybridized carbons (Fsp3) is 0. The zero-order valence-corrected chi connectivity index (χ0v) is 13.0. The quantitative estimate of drug-likeness (QED) is 0.689. The van der Waals surface area contributed by atoms with E-state index in [9.17, 15) is 9.00 Å². The zero-order valence-electron chi connectivity index (χ0n) is 12.2. The Kier molecular flexibility index (Phi) is 4.36. The van der Waals surface area contributed by atoms with Crippen LogP contribution in [0.5, 0.6) is 0 Å². The van der Waals surface area contributed by atoms with Crippen molar-refractivity contribution < 1.29 is 9.00 Å². The number of rotatable bonds is 3. The molecular formula is C17H15N3O2S. The molecule has 0 heterocycles. The molecule has 4 N–H and O–H groups in total. The minimum atomic E-state index is -1.53. The van der Waals surface area contributed by atoms with Crippen LogP contribution in [0.25, 0.3) is 10.8 Å². The van der Waals surface area contributed by atoms with E-state index in [2.05, 4.69) is 10.6 Å². The fourth-order valence-corrected chi connectivity index (χ4v) is 2.70. The monoisotopic (exact) mass is 325 g/mol. The Balaban J connectivity index is 1.75. The Labute approximate surface area is 136 Å². The highest BCUT2D eigenvalue weighted by molar-refractivity contribution is 7.82. The maximum absolute atomic E-state index is 12.1. The van der Waals surface area contributed by atoms with E-state index in [1.807, 2.05) is 42.5 Å². The summed E-state index contributed by atoms with van der Waals surface area (Å²) in [7, 11) is -1.53. The molecule has 0 aromatic heterocycles. The smallest absolute Gasteiger partial charge is 0.308 e. The van der Waals surface area contributed by atoms with Crippen LogP contribution in [0.1, 0.15) is 0 Å². The minimum absolute atomic E-state index is 0.344. The summed E-state index contributed by atoms with van der Waals surface area (Å²) in [4.78, 5) is 12.6. The van der Waals surface area contributed by atoms with Crippen LogP contribution in [0.4, 0.5) is 16.2 Å². The van der Waals surface area contributed by atoms with Crippen LogP contribution < -0.4 is 15.8 Å². The normalized spacial score (nSPS) is 11.9. The highest BCUT2D eigenvalue weighted by atomic mass is 32.2. The Morgan fingerprint density at radius 3 is 2.30 bits per heavy atom. The lowest BCUT2D eigenvalue weighted by Crippen LogP contribution is -2.19. The number of amides is 2. The van der Waals surface area contributed by atoms with E-state index in [0.29, 0.717) is 10.6 Å². The van der Waals surface area contributed by atoms with E-state index >= 15 is 0 Å². The summed E-state index contributed by atoms with van der Waals surface area (Å²) in [5, 5.41) is 12.9. The molecule has 23 heavy (non-hydrogen) atoms. The molecule has 2 amide bonds. The first kappa shape index (κ1) is 15.2. The van der Waals surface area contributed by atoms with Gasteiger partial charge < -0.3 is 10.6 Å². The van der Waals surface area contributed by atoms with Gasteiger partial charge in [-0.2, -0.15) is 0 Å². The summed E-state index contributed by atoms with van der Waals surface area (Å²) in [6, 6.07) is 19.8. The lowest BCUT2D eigenvalue weighted by Gasteiger charge is -2.10. The van der Waals surface area contributed by atoms with Crippen molar-refractivity contribution in [2.75, 3.05) is 10.6 Å². The molecule has 1 unspecified atom stereocenters. The second kappa shape index (κ2) is 6.60. The maximum atomic E-state index is 12.1. The molecule has 0 saturated carbocycles. The Bertz CT molecular complexity index is 873. The van der Waals surface area contributed by atoms with Gasteiger partial charge in [0.2, 0.25) is 0 Å². The molecule has 0 fully saturated rings. The first-order valence-electron chi connectivity index (χ1n) is 6.95. The van der Waals surface area contributed by atoms with E-state index < -0.39 is 11.0 Å². The highest BCUT2D eigenvalue weighted by Gasteiger charge is 2.06. The van der Waals surface area contributed by atoms with E-state index in [0.717, 1.165) is 16.5 Å². The van der Waals surface area contributed by atoms with Gasteiger partial charge in [-0.15, -0.1) is 0 Å². The molecule has 0 saturated heterocycles. The largest absolute Gasteiger partial charge is 0.323 e. The SMILES string of the molecule is NS(=O)c1ccc(NC(=O)Nc2cccc3ccccc23)cc1. The number of hydrogen-bond acceptors (Lipinski definition) is 2. The summed E-state index contributed by atoms with van der Waals surface area (Å²) in [5.74, 6) is 0. The zero-order chi connectivity index (χ0) is 16.2. The van der Waals surface area contributed by atoms with E-state index in [-0.39, 0.29) is 6.03 Å². The van der Waals surface area contributed by atoms with Gasteiger partial charge >= 0.3 is 6.03 Å². The first-order valence-corrected chi connectivity index (χ1v) is 8.17. The van der Waals surface area contributed by atoms with Crippen molar-refractivity contribution in [1.29, 1.82) is 0 Å². The predicted octanol–water partition coefficient (Wildman–Crippen LogP) is 3.47. The maximum Gasteiger partial charge on any atom is 0.323 e. The second-order valence-corrected chi connectivity index (χ2v) is 5.99. The molecule has 0 aliphatic carbocycles. The number of nitrogens with two attached hydrogens (primary N) is 1. The summed E-state index contributed by atoms with van der Waals surface area (Å²) in [6.07, 6.45) is 0. The van der Waals surface area contributed by atoms with Crippen molar-refractivity contribution in [3.63, 3.8) is 0 Å². The lowest BCUT2D eigenvalue weighted by atomic mass is 10.1. The number of carbonyl (C=O) groups excluding carboxylic acids is 1. The second-order valence-electron chi connectivity index (χ2n) is 4.93. The first-order chi connectivity index (χ1) is 11.1. The number of fused-ring (bicyclic) bond motifs is 1. The summed E-state index contributed by atoms with van der Waals surface area (Å²) in [5.41, 5.74) is 1.33. The van der Waals surface area contributed by atoms with Gasteiger partial charge in [-0.3, -0.25) is 0 Å². The molecule has 3 aromatic carbocycles. The van der Waals surface area contributed by atoms with E-state index in [1.165, 1.54) is 0 Å². The van der Waals surface area contributed by atoms with Crippen LogP contribution in [-0.4, -0.2) is 10.2 Å². The van der Waals surface area contributed by atoms with Crippen molar-refractivity contribution in [2.45, 2.75) is 4.90 Å². The third-order valence-corrected chi connectivity index (χ3v) is 4.12. The van der Waals surface area contributed by atoms with Crippen LogP contribution >= 0.6 is 0 Å². The molecule has 0 bridgehead atoms. The average molecular weight is 325 g/mol. The minimum Gasteiger partial charge on any atom is -0.308 e. The number of anilines is 2. The summed E-state index contributed by atoms with van der Waals surface area (Å²) < 4.78 is 11.1. The number of nitrogens with one attached hydrogen (secondary N) is 2. The van der Waals surface area contributed by atoms with Crippen LogP contribution in [0.15, 0.2) is 71.6 Å². The molecule has 0 spiro atoms. The van der Waals surface area contributed by atoms with E-state index in [4.69, 9.17) is 5.14 Å². The van der Waals surface area contributed by atoms with Crippen LogP contribution in [-0.2, 0) is 11.0 Å². The van der Waals surface area contributed by atoms with Crippen molar-refractivity contribution in [3.05, 3.63) is 66.7 Å². The molecule has 6 heteroatoms. The lowest BCUT2D eigenvalue weighted by molar-refractivity contribution is 0.262. The third kappa shape index (κ3) is 3.56. The van der Waals surface area contributed by atoms with Gasteiger partial charge in [0, 0.05) is 11.1 Å². The van der Waals surface area contributed by atoms with E-state index in [1.54, 1.807) is 24.3 Å². The molecule has 3 rings (SSSR count). The van der Waals surface area contributed by atoms with Crippen LogP contribution in [0, 0.1) is 0 Å². The van der Waals surface area contributed by atoms with Gasteiger partial charge in [-0.05, 0) is 35.7 Å². The van der Waals surface area contributed by atoms with Crippen molar-refractivity contribution >= 4 is 39.2 Å². The molecule has 116 valence electrons. The highest BCUT2D eigenvalue weighted by Crippen LogP contribution is 2.23. The van der Waals surface area contributed by atoms with Crippen LogP contribution in [0.2, 0.25) is 0 Å². The molecule has 3 aromatic rings. The summed E-state index contributed by atoms with van der Waals surface area (Å²) in [6.45, 7) is 0. The Morgan fingerprint density at radius 2 is 1.57 bits per heavy atom. The number of carbonyl (C=O) groups is 1. The Morgan fingerprint density at radius 1 is 0.870 bits per heavy atom.